The first-order valence-electron chi connectivity index (χ1n) is 7.75. The maximum atomic E-state index is 11.5. The second-order valence-corrected chi connectivity index (χ2v) is 7.61. The fourth-order valence-corrected chi connectivity index (χ4v) is 2.02. The van der Waals surface area contributed by atoms with E-state index in [4.69, 9.17) is 14.0 Å². The van der Waals surface area contributed by atoms with Gasteiger partial charge in [-0.2, -0.15) is 0 Å². The molecule has 5 nitrogen and oxygen atoms in total. The summed E-state index contributed by atoms with van der Waals surface area (Å²) < 4.78 is 17.0. The van der Waals surface area contributed by atoms with Gasteiger partial charge in [0, 0.05) is 6.54 Å². The van der Waals surface area contributed by atoms with Gasteiger partial charge in [-0.25, -0.2) is 4.79 Å². The third kappa shape index (κ3) is 5.87. The highest BCUT2D eigenvalue weighted by atomic mass is 16.7. The molecule has 1 N–H and O–H groups in total. The number of carbonyl (C=O) groups is 1. The van der Waals surface area contributed by atoms with E-state index in [1.54, 1.807) is 0 Å². The zero-order valence-corrected chi connectivity index (χ0v) is 14.5. The number of amides is 1. The smallest absolute Gasteiger partial charge is 0.444 e. The summed E-state index contributed by atoms with van der Waals surface area (Å²) in [5.74, 6) is 0. The van der Waals surface area contributed by atoms with E-state index in [0.29, 0.717) is 6.54 Å². The molecule has 1 saturated heterocycles. The van der Waals surface area contributed by atoms with E-state index in [2.05, 4.69) is 33.0 Å². The van der Waals surface area contributed by atoms with E-state index in [9.17, 15) is 4.79 Å². The van der Waals surface area contributed by atoms with Crippen LogP contribution in [0.2, 0.25) is 6.32 Å². The van der Waals surface area contributed by atoms with Crippen LogP contribution in [0.15, 0.2) is 0 Å². The Morgan fingerprint density at radius 1 is 1.10 bits per heavy atom. The Labute approximate surface area is 129 Å². The van der Waals surface area contributed by atoms with E-state index < -0.39 is 5.60 Å². The van der Waals surface area contributed by atoms with Crippen LogP contribution in [0.4, 0.5) is 4.79 Å². The molecule has 0 unspecified atom stereocenters. The van der Waals surface area contributed by atoms with Crippen molar-refractivity contribution in [2.24, 2.45) is 0 Å². The maximum absolute atomic E-state index is 11.5. The molecule has 1 fully saturated rings. The predicted octanol–water partition coefficient (Wildman–Crippen LogP) is 3.38. The van der Waals surface area contributed by atoms with Crippen molar-refractivity contribution in [3.05, 3.63) is 0 Å². The molecular formula is C15H30BNO4. The Bertz CT molecular complexity index is 347. The Morgan fingerprint density at radius 2 is 1.62 bits per heavy atom. The lowest BCUT2D eigenvalue weighted by Gasteiger charge is -2.32. The van der Waals surface area contributed by atoms with Crippen molar-refractivity contribution >= 4 is 13.2 Å². The third-order valence-electron chi connectivity index (χ3n) is 3.84. The van der Waals surface area contributed by atoms with Gasteiger partial charge in [0.05, 0.1) is 11.2 Å². The van der Waals surface area contributed by atoms with Crippen LogP contribution in [0.3, 0.4) is 0 Å². The standard InChI is InChI=1S/C15H30BNO4/c1-13(2,3)19-12(18)17-11-9-8-10-16-20-14(4,5)15(6,7)21-16/h8-11H2,1-7H3,(H,17,18). The predicted molar refractivity (Wildman–Crippen MR) is 84.4 cm³/mol. The van der Waals surface area contributed by atoms with E-state index in [1.165, 1.54) is 0 Å². The third-order valence-corrected chi connectivity index (χ3v) is 3.84. The zero-order valence-electron chi connectivity index (χ0n) is 14.5. The Morgan fingerprint density at radius 3 is 2.10 bits per heavy atom. The molecule has 1 rings (SSSR count). The van der Waals surface area contributed by atoms with Gasteiger partial charge in [0.2, 0.25) is 0 Å². The summed E-state index contributed by atoms with van der Waals surface area (Å²) in [7, 11) is -0.156. The number of rotatable bonds is 5. The zero-order chi connectivity index (χ0) is 16.3. The van der Waals surface area contributed by atoms with Crippen LogP contribution in [-0.2, 0) is 14.0 Å². The molecule has 0 spiro atoms. The Hall–Kier alpha value is -0.745. The molecule has 0 radical (unpaired) electrons. The largest absolute Gasteiger partial charge is 0.457 e. The van der Waals surface area contributed by atoms with Crippen LogP contribution in [0, 0.1) is 0 Å². The van der Waals surface area contributed by atoms with E-state index in [1.807, 2.05) is 20.8 Å². The quantitative estimate of drug-likeness (QED) is 0.624. The van der Waals surface area contributed by atoms with Crippen LogP contribution in [0.25, 0.3) is 0 Å². The molecule has 122 valence electrons. The molecule has 1 heterocycles. The van der Waals surface area contributed by atoms with Gasteiger partial charge in [0.25, 0.3) is 0 Å². The first-order chi connectivity index (χ1) is 9.43. The highest BCUT2D eigenvalue weighted by molar-refractivity contribution is 6.45. The van der Waals surface area contributed by atoms with Crippen LogP contribution in [-0.4, -0.2) is 36.6 Å². The molecule has 21 heavy (non-hydrogen) atoms. The minimum absolute atomic E-state index is 0.156. The number of unbranched alkanes of at least 4 members (excludes halogenated alkanes) is 1. The summed E-state index contributed by atoms with van der Waals surface area (Å²) in [6.07, 6.45) is 2.29. The molecule has 0 bridgehead atoms. The molecule has 1 amide bonds. The van der Waals surface area contributed by atoms with E-state index in [0.717, 1.165) is 19.2 Å². The summed E-state index contributed by atoms with van der Waals surface area (Å²) >= 11 is 0. The summed E-state index contributed by atoms with van der Waals surface area (Å²) in [6, 6.07) is 0. The number of nitrogens with one attached hydrogen (secondary N) is 1. The van der Waals surface area contributed by atoms with Gasteiger partial charge in [0.1, 0.15) is 5.60 Å². The number of hydrogen-bond donors (Lipinski definition) is 1. The number of ether oxygens (including phenoxy) is 1. The summed E-state index contributed by atoms with van der Waals surface area (Å²) in [4.78, 5) is 11.5. The monoisotopic (exact) mass is 299 g/mol. The average molecular weight is 299 g/mol. The van der Waals surface area contributed by atoms with Crippen molar-refractivity contribution in [2.75, 3.05) is 6.54 Å². The highest BCUT2D eigenvalue weighted by Gasteiger charge is 2.50. The first kappa shape index (κ1) is 18.3. The molecular weight excluding hydrogens is 269 g/mol. The van der Waals surface area contributed by atoms with Crippen LogP contribution in [0.5, 0.6) is 0 Å². The SMILES string of the molecule is CC(C)(C)OC(=O)NCCCCB1OC(C)(C)C(C)(C)O1. The fourth-order valence-electron chi connectivity index (χ4n) is 2.02. The van der Waals surface area contributed by atoms with Gasteiger partial charge in [-0.15, -0.1) is 0 Å². The van der Waals surface area contributed by atoms with Crippen molar-refractivity contribution < 1.29 is 18.8 Å². The van der Waals surface area contributed by atoms with Crippen molar-refractivity contribution in [2.45, 2.75) is 84.4 Å². The summed E-state index contributed by atoms with van der Waals surface area (Å²) in [5.41, 5.74) is -0.994. The lowest BCUT2D eigenvalue weighted by molar-refractivity contribution is 0.00578. The molecule has 0 aliphatic carbocycles. The second kappa shape index (κ2) is 6.57. The molecule has 0 atom stereocenters. The number of carbonyl (C=O) groups excluding carboxylic acids is 1. The van der Waals surface area contributed by atoms with Crippen molar-refractivity contribution in [3.63, 3.8) is 0 Å². The number of hydrogen-bond acceptors (Lipinski definition) is 4. The molecule has 0 aromatic rings. The molecule has 0 aromatic heterocycles. The molecule has 0 aromatic carbocycles. The van der Waals surface area contributed by atoms with Gasteiger partial charge < -0.3 is 19.4 Å². The van der Waals surface area contributed by atoms with Gasteiger partial charge in [-0.1, -0.05) is 6.42 Å². The molecule has 1 aliphatic heterocycles. The molecule has 1 aliphatic rings. The van der Waals surface area contributed by atoms with Gasteiger partial charge in [-0.3, -0.25) is 0 Å². The minimum Gasteiger partial charge on any atom is -0.444 e. The molecule has 0 saturated carbocycles. The van der Waals surface area contributed by atoms with Crippen LogP contribution in [0.1, 0.15) is 61.3 Å². The Balaban J connectivity index is 2.15. The second-order valence-electron chi connectivity index (χ2n) is 7.61. The van der Waals surface area contributed by atoms with Gasteiger partial charge >= 0.3 is 13.2 Å². The molecule has 6 heteroatoms. The fraction of sp³-hybridized carbons (Fsp3) is 0.933. The first-order valence-corrected chi connectivity index (χ1v) is 7.75. The lowest BCUT2D eigenvalue weighted by atomic mass is 9.82. The van der Waals surface area contributed by atoms with E-state index in [-0.39, 0.29) is 24.4 Å². The summed E-state index contributed by atoms with van der Waals surface area (Å²) in [5, 5.41) is 2.75. The minimum atomic E-state index is -0.452. The topological polar surface area (TPSA) is 56.8 Å². The van der Waals surface area contributed by atoms with E-state index >= 15 is 0 Å². The highest BCUT2D eigenvalue weighted by Crippen LogP contribution is 2.37. The lowest BCUT2D eigenvalue weighted by Crippen LogP contribution is -2.41. The van der Waals surface area contributed by atoms with Gasteiger partial charge in [-0.05, 0) is 61.2 Å². The van der Waals surface area contributed by atoms with Crippen molar-refractivity contribution in [1.29, 1.82) is 0 Å². The van der Waals surface area contributed by atoms with Crippen LogP contribution >= 0.6 is 0 Å². The Kier molecular flexibility index (Phi) is 5.73. The van der Waals surface area contributed by atoms with Crippen molar-refractivity contribution in [3.8, 4) is 0 Å². The van der Waals surface area contributed by atoms with Crippen LogP contribution < -0.4 is 5.32 Å². The van der Waals surface area contributed by atoms with Crippen molar-refractivity contribution in [1.82, 2.24) is 5.32 Å². The maximum Gasteiger partial charge on any atom is 0.457 e. The average Bonchev–Trinajstić information content (AvgIpc) is 2.44. The number of alkyl carbamates (subject to hydrolysis) is 1. The summed E-state index contributed by atoms with van der Waals surface area (Å²) in [6.45, 7) is 14.4. The normalized spacial score (nSPS) is 20.4. The van der Waals surface area contributed by atoms with Gasteiger partial charge in [0.15, 0.2) is 0 Å².